The molecule has 0 bridgehead atoms. The van der Waals surface area contributed by atoms with Gasteiger partial charge in [0.2, 0.25) is 0 Å². The van der Waals surface area contributed by atoms with Gasteiger partial charge in [0.1, 0.15) is 27.4 Å². The van der Waals surface area contributed by atoms with Crippen LogP contribution < -0.4 is 20.1 Å². The van der Waals surface area contributed by atoms with Gasteiger partial charge in [-0.2, -0.15) is 0 Å². The number of piperazine rings is 1. The number of aromatic nitrogens is 2. The van der Waals surface area contributed by atoms with Crippen molar-refractivity contribution in [2.24, 2.45) is 0 Å². The minimum Gasteiger partial charge on any atom is -0.497 e. The van der Waals surface area contributed by atoms with Crippen molar-refractivity contribution < 1.29 is 13.9 Å². The summed E-state index contributed by atoms with van der Waals surface area (Å²) in [6, 6.07) is 17.9. The fourth-order valence-electron chi connectivity index (χ4n) is 5.30. The molecule has 2 aromatic heterocycles. The van der Waals surface area contributed by atoms with E-state index in [1.807, 2.05) is 43.3 Å². The Morgan fingerprint density at radius 1 is 0.977 bits per heavy atom. The van der Waals surface area contributed by atoms with E-state index in [0.29, 0.717) is 65.4 Å². The standard InChI is InChI=1S/C32H30FN5O3S2/c1-21-3-12-28-34-29(36-17-15-35(16-18-36)24-8-6-23(33)7-9-24)26(30(39)38(28)20-21)19-27-31(40)37(32(42)43-27)14-13-22-4-10-25(41-2)11-5-22/h3-12,19-20H,13-18H2,1-2H3. The molecule has 43 heavy (non-hydrogen) atoms. The third-order valence-electron chi connectivity index (χ3n) is 7.69. The van der Waals surface area contributed by atoms with Gasteiger partial charge in [-0.25, -0.2) is 9.37 Å². The highest BCUT2D eigenvalue weighted by molar-refractivity contribution is 8.26. The maximum absolute atomic E-state index is 13.9. The number of hydrogen-bond acceptors (Lipinski definition) is 8. The van der Waals surface area contributed by atoms with Gasteiger partial charge in [-0.1, -0.05) is 42.2 Å². The number of hydrogen-bond donors (Lipinski definition) is 0. The van der Waals surface area contributed by atoms with Crippen LogP contribution in [0, 0.1) is 12.7 Å². The Kier molecular flexibility index (Phi) is 8.18. The van der Waals surface area contributed by atoms with Gasteiger partial charge >= 0.3 is 0 Å². The van der Waals surface area contributed by atoms with Crippen LogP contribution in [0.3, 0.4) is 0 Å². The van der Waals surface area contributed by atoms with Crippen LogP contribution >= 0.6 is 24.0 Å². The smallest absolute Gasteiger partial charge is 0.267 e. The van der Waals surface area contributed by atoms with Crippen LogP contribution in [0.4, 0.5) is 15.9 Å². The van der Waals surface area contributed by atoms with Gasteiger partial charge in [0.15, 0.2) is 0 Å². The van der Waals surface area contributed by atoms with Crippen LogP contribution in [0.2, 0.25) is 0 Å². The van der Waals surface area contributed by atoms with Gasteiger partial charge in [-0.15, -0.1) is 0 Å². The van der Waals surface area contributed by atoms with Gasteiger partial charge < -0.3 is 14.5 Å². The van der Waals surface area contributed by atoms with Crippen molar-refractivity contribution in [2.75, 3.05) is 49.6 Å². The zero-order valence-electron chi connectivity index (χ0n) is 23.8. The number of thiocarbonyl (C=S) groups is 1. The van der Waals surface area contributed by atoms with E-state index in [1.165, 1.54) is 28.3 Å². The Balaban J connectivity index is 1.28. The lowest BCUT2D eigenvalue weighted by atomic mass is 10.1. The molecule has 1 amide bonds. The lowest BCUT2D eigenvalue weighted by molar-refractivity contribution is -0.122. The Morgan fingerprint density at radius 2 is 1.67 bits per heavy atom. The molecule has 0 spiro atoms. The molecule has 2 aromatic carbocycles. The Bertz CT molecular complexity index is 1780. The highest BCUT2D eigenvalue weighted by atomic mass is 32.2. The van der Waals surface area contributed by atoms with Crippen molar-refractivity contribution in [3.8, 4) is 5.75 Å². The largest absolute Gasteiger partial charge is 0.497 e. The van der Waals surface area contributed by atoms with E-state index in [1.54, 1.807) is 36.4 Å². The fraction of sp³-hybridized carbons (Fsp3) is 0.250. The molecule has 8 nitrogen and oxygen atoms in total. The number of fused-ring (bicyclic) bond motifs is 1. The lowest BCUT2D eigenvalue weighted by Crippen LogP contribution is -2.47. The van der Waals surface area contributed by atoms with E-state index < -0.39 is 0 Å². The van der Waals surface area contributed by atoms with Crippen molar-refractivity contribution in [1.29, 1.82) is 0 Å². The van der Waals surface area contributed by atoms with Crippen LogP contribution in [0.25, 0.3) is 11.7 Å². The normalized spacial score (nSPS) is 16.5. The van der Waals surface area contributed by atoms with Gasteiger partial charge in [-0.05, 0) is 73.0 Å². The number of halogens is 1. The molecule has 0 radical (unpaired) electrons. The molecule has 2 fully saturated rings. The average Bonchev–Trinajstić information content (AvgIpc) is 3.29. The summed E-state index contributed by atoms with van der Waals surface area (Å²) in [6.07, 6.45) is 4.05. The summed E-state index contributed by atoms with van der Waals surface area (Å²) in [4.78, 5) is 38.6. The molecule has 0 saturated carbocycles. The summed E-state index contributed by atoms with van der Waals surface area (Å²) < 4.78 is 20.7. The zero-order valence-corrected chi connectivity index (χ0v) is 25.5. The van der Waals surface area contributed by atoms with Crippen LogP contribution in [0.1, 0.15) is 16.7 Å². The summed E-state index contributed by atoms with van der Waals surface area (Å²) in [7, 11) is 1.62. The van der Waals surface area contributed by atoms with E-state index in [9.17, 15) is 14.0 Å². The molecule has 11 heteroatoms. The van der Waals surface area contributed by atoms with E-state index in [-0.39, 0.29) is 17.3 Å². The number of methoxy groups -OCH3 is 1. The molecule has 4 heterocycles. The summed E-state index contributed by atoms with van der Waals surface area (Å²) in [5.41, 5.74) is 3.58. The van der Waals surface area contributed by atoms with E-state index in [0.717, 1.165) is 22.6 Å². The van der Waals surface area contributed by atoms with Gasteiger partial charge in [0, 0.05) is 44.6 Å². The number of thioether (sulfide) groups is 1. The molecule has 2 aliphatic heterocycles. The number of anilines is 2. The highest BCUT2D eigenvalue weighted by Crippen LogP contribution is 2.34. The van der Waals surface area contributed by atoms with Crippen molar-refractivity contribution in [3.05, 3.63) is 105 Å². The SMILES string of the molecule is COc1ccc(CCN2C(=O)C(=Cc3c(N4CCN(c5ccc(F)cc5)CC4)nc4ccc(C)cn4c3=O)SC2=S)cc1. The molecular weight excluding hydrogens is 586 g/mol. The molecule has 6 rings (SSSR count). The number of ether oxygens (including phenoxy) is 1. The number of carbonyl (C=O) groups is 1. The monoisotopic (exact) mass is 615 g/mol. The van der Waals surface area contributed by atoms with Gasteiger partial charge in [0.25, 0.3) is 11.5 Å². The summed E-state index contributed by atoms with van der Waals surface area (Å²) in [5.74, 6) is 0.824. The molecule has 220 valence electrons. The Labute approximate surface area is 258 Å². The molecule has 0 unspecified atom stereocenters. The molecule has 0 N–H and O–H groups in total. The number of amides is 1. The third kappa shape index (κ3) is 6.00. The van der Waals surface area contributed by atoms with Crippen LogP contribution in [0.5, 0.6) is 5.75 Å². The maximum atomic E-state index is 13.9. The molecule has 0 aliphatic carbocycles. The Morgan fingerprint density at radius 3 is 2.37 bits per heavy atom. The van der Waals surface area contributed by atoms with Crippen LogP contribution in [0.15, 0.2) is 76.6 Å². The average molecular weight is 616 g/mol. The van der Waals surface area contributed by atoms with Gasteiger partial charge in [0.05, 0.1) is 17.6 Å². The van der Waals surface area contributed by atoms with Crippen LogP contribution in [-0.4, -0.2) is 64.3 Å². The summed E-state index contributed by atoms with van der Waals surface area (Å²) >= 11 is 6.79. The van der Waals surface area contributed by atoms with E-state index in [2.05, 4.69) is 9.80 Å². The summed E-state index contributed by atoms with van der Waals surface area (Å²) in [5, 5.41) is 0. The predicted molar refractivity (Wildman–Crippen MR) is 174 cm³/mol. The molecule has 0 atom stereocenters. The number of pyridine rings is 1. The predicted octanol–water partition coefficient (Wildman–Crippen LogP) is 4.92. The second kappa shape index (κ2) is 12.2. The summed E-state index contributed by atoms with van der Waals surface area (Å²) in [6.45, 7) is 4.91. The molecule has 2 aliphatic rings. The van der Waals surface area contributed by atoms with Crippen molar-refractivity contribution in [2.45, 2.75) is 13.3 Å². The van der Waals surface area contributed by atoms with E-state index >= 15 is 0 Å². The van der Waals surface area contributed by atoms with Crippen molar-refractivity contribution >= 4 is 57.4 Å². The van der Waals surface area contributed by atoms with Crippen molar-refractivity contribution in [3.63, 3.8) is 0 Å². The quantitative estimate of drug-likeness (QED) is 0.214. The lowest BCUT2D eigenvalue weighted by Gasteiger charge is -2.37. The first kappa shape index (κ1) is 28.9. The number of rotatable bonds is 7. The molecule has 2 saturated heterocycles. The van der Waals surface area contributed by atoms with Gasteiger partial charge in [-0.3, -0.25) is 18.9 Å². The number of carbonyl (C=O) groups excluding carboxylic acids is 1. The second-order valence-corrected chi connectivity index (χ2v) is 12.1. The zero-order chi connectivity index (χ0) is 30.1. The minimum atomic E-state index is -0.269. The first-order chi connectivity index (χ1) is 20.8. The highest BCUT2D eigenvalue weighted by Gasteiger charge is 2.33. The minimum absolute atomic E-state index is 0.218. The number of aryl methyl sites for hydroxylation is 1. The number of nitrogens with zero attached hydrogens (tertiary/aromatic N) is 5. The topological polar surface area (TPSA) is 70.4 Å². The van der Waals surface area contributed by atoms with Crippen LogP contribution in [-0.2, 0) is 11.2 Å². The fourth-order valence-corrected chi connectivity index (χ4v) is 6.59. The first-order valence-electron chi connectivity index (χ1n) is 14.0. The first-order valence-corrected chi connectivity index (χ1v) is 15.2. The second-order valence-electron chi connectivity index (χ2n) is 10.5. The number of benzene rings is 2. The van der Waals surface area contributed by atoms with Crippen molar-refractivity contribution in [1.82, 2.24) is 14.3 Å². The maximum Gasteiger partial charge on any atom is 0.267 e. The Hall–Kier alpha value is -4.22. The van der Waals surface area contributed by atoms with E-state index in [4.69, 9.17) is 21.9 Å². The third-order valence-corrected chi connectivity index (χ3v) is 9.07. The molecular formula is C32H30FN5O3S2. The molecule has 4 aromatic rings.